The molecule has 3 heteroatoms. The van der Waals surface area contributed by atoms with E-state index in [0.29, 0.717) is 11.8 Å². The predicted molar refractivity (Wildman–Crippen MR) is 73.7 cm³/mol. The number of ether oxygens (including phenoxy) is 2. The minimum Gasteiger partial charge on any atom is -0.496 e. The first-order valence-corrected chi connectivity index (χ1v) is 6.61. The van der Waals surface area contributed by atoms with E-state index in [4.69, 9.17) is 9.47 Å². The van der Waals surface area contributed by atoms with Gasteiger partial charge in [-0.05, 0) is 30.0 Å². The summed E-state index contributed by atoms with van der Waals surface area (Å²) in [5.74, 6) is 3.09. The molecule has 1 aliphatic heterocycles. The largest absolute Gasteiger partial charge is 0.496 e. The smallest absolute Gasteiger partial charge is 0.126 e. The lowest BCUT2D eigenvalue weighted by atomic mass is 9.90. The highest BCUT2D eigenvalue weighted by Gasteiger charge is 2.26. The fourth-order valence-electron chi connectivity index (χ4n) is 2.48. The van der Waals surface area contributed by atoms with E-state index in [2.05, 4.69) is 31.3 Å². The fourth-order valence-corrected chi connectivity index (χ4v) is 2.48. The molecule has 0 aromatic heterocycles. The zero-order valence-electron chi connectivity index (χ0n) is 11.7. The molecule has 1 N–H and O–H groups in total. The first-order valence-electron chi connectivity index (χ1n) is 6.61. The van der Waals surface area contributed by atoms with E-state index in [1.54, 1.807) is 14.2 Å². The quantitative estimate of drug-likeness (QED) is 0.870. The van der Waals surface area contributed by atoms with Gasteiger partial charge in [0, 0.05) is 24.6 Å². The van der Waals surface area contributed by atoms with Gasteiger partial charge < -0.3 is 14.8 Å². The summed E-state index contributed by atoms with van der Waals surface area (Å²) in [6, 6.07) is 4.33. The number of benzene rings is 1. The van der Waals surface area contributed by atoms with E-state index in [1.165, 1.54) is 11.1 Å². The summed E-state index contributed by atoms with van der Waals surface area (Å²) < 4.78 is 11.1. The lowest BCUT2D eigenvalue weighted by Gasteiger charge is -2.30. The summed E-state index contributed by atoms with van der Waals surface area (Å²) in [6.07, 6.45) is 1.05. The van der Waals surface area contributed by atoms with Gasteiger partial charge in [0.05, 0.1) is 14.2 Å². The highest BCUT2D eigenvalue weighted by atomic mass is 16.5. The van der Waals surface area contributed by atoms with Crippen LogP contribution in [0.4, 0.5) is 0 Å². The van der Waals surface area contributed by atoms with Crippen LogP contribution in [0.5, 0.6) is 11.5 Å². The van der Waals surface area contributed by atoms with Crippen LogP contribution in [0, 0.1) is 5.92 Å². The van der Waals surface area contributed by atoms with Gasteiger partial charge in [0.25, 0.3) is 0 Å². The second kappa shape index (κ2) is 5.61. The summed E-state index contributed by atoms with van der Waals surface area (Å²) >= 11 is 0. The number of rotatable bonds is 5. The minimum absolute atomic E-state index is 0.517. The maximum absolute atomic E-state index is 5.56. The van der Waals surface area contributed by atoms with Crippen molar-refractivity contribution in [2.75, 3.05) is 27.3 Å². The van der Waals surface area contributed by atoms with Crippen molar-refractivity contribution in [3.63, 3.8) is 0 Å². The van der Waals surface area contributed by atoms with Crippen molar-refractivity contribution < 1.29 is 9.47 Å². The number of nitrogens with one attached hydrogen (secondary N) is 1. The molecular formula is C15H23NO2. The third-order valence-corrected chi connectivity index (χ3v) is 3.44. The van der Waals surface area contributed by atoms with Crippen LogP contribution in [0.2, 0.25) is 0 Å². The molecule has 0 radical (unpaired) electrons. The molecule has 3 nitrogen and oxygen atoms in total. The topological polar surface area (TPSA) is 30.5 Å². The predicted octanol–water partition coefficient (Wildman–Crippen LogP) is 2.59. The molecule has 1 heterocycles. The van der Waals surface area contributed by atoms with Crippen LogP contribution in [-0.4, -0.2) is 27.3 Å². The van der Waals surface area contributed by atoms with Gasteiger partial charge in [0.1, 0.15) is 11.5 Å². The zero-order chi connectivity index (χ0) is 13.1. The first-order chi connectivity index (χ1) is 8.65. The van der Waals surface area contributed by atoms with Crippen molar-refractivity contribution in [3.8, 4) is 11.5 Å². The van der Waals surface area contributed by atoms with E-state index in [1.807, 2.05) is 0 Å². The third-order valence-electron chi connectivity index (χ3n) is 3.44. The van der Waals surface area contributed by atoms with Crippen molar-refractivity contribution in [2.24, 2.45) is 5.92 Å². The van der Waals surface area contributed by atoms with Gasteiger partial charge in [0.2, 0.25) is 0 Å². The normalized spacial score (nSPS) is 15.6. The van der Waals surface area contributed by atoms with E-state index >= 15 is 0 Å². The Morgan fingerprint density at radius 1 is 1.17 bits per heavy atom. The maximum atomic E-state index is 5.56. The van der Waals surface area contributed by atoms with Gasteiger partial charge in [0.15, 0.2) is 0 Å². The molecule has 1 aliphatic rings. The van der Waals surface area contributed by atoms with Gasteiger partial charge in [-0.15, -0.1) is 0 Å². The van der Waals surface area contributed by atoms with Gasteiger partial charge in [-0.1, -0.05) is 13.8 Å². The van der Waals surface area contributed by atoms with Crippen LogP contribution in [0.15, 0.2) is 12.1 Å². The lowest BCUT2D eigenvalue weighted by Crippen LogP contribution is -2.40. The fraction of sp³-hybridized carbons (Fsp3) is 0.600. The Kier molecular flexibility index (Phi) is 4.12. The summed E-state index contributed by atoms with van der Waals surface area (Å²) in [6.45, 7) is 6.47. The lowest BCUT2D eigenvalue weighted by molar-refractivity contribution is 0.356. The first kappa shape index (κ1) is 13.2. The summed E-state index contributed by atoms with van der Waals surface area (Å²) in [4.78, 5) is 0. The highest BCUT2D eigenvalue weighted by molar-refractivity contribution is 5.51. The molecular weight excluding hydrogens is 226 g/mol. The van der Waals surface area contributed by atoms with E-state index in [0.717, 1.165) is 31.0 Å². The third kappa shape index (κ3) is 2.61. The van der Waals surface area contributed by atoms with Crippen molar-refractivity contribution in [1.82, 2.24) is 5.32 Å². The van der Waals surface area contributed by atoms with Crippen molar-refractivity contribution in [1.29, 1.82) is 0 Å². The molecule has 0 unspecified atom stereocenters. The average molecular weight is 249 g/mol. The molecule has 1 aromatic carbocycles. The Hall–Kier alpha value is -1.22. The molecule has 2 rings (SSSR count). The molecule has 0 atom stereocenters. The van der Waals surface area contributed by atoms with Crippen molar-refractivity contribution in [3.05, 3.63) is 23.3 Å². The van der Waals surface area contributed by atoms with Gasteiger partial charge in [-0.2, -0.15) is 0 Å². The average Bonchev–Trinajstić information content (AvgIpc) is 2.27. The SMILES string of the molecule is COc1cc(CC(C)C)cc(OC)c1C1CNC1. The van der Waals surface area contributed by atoms with Crippen molar-refractivity contribution >= 4 is 0 Å². The maximum Gasteiger partial charge on any atom is 0.126 e. The van der Waals surface area contributed by atoms with Gasteiger partial charge >= 0.3 is 0 Å². The van der Waals surface area contributed by atoms with Crippen LogP contribution in [-0.2, 0) is 6.42 Å². The number of hydrogen-bond donors (Lipinski definition) is 1. The van der Waals surface area contributed by atoms with Crippen LogP contribution in [0.3, 0.4) is 0 Å². The zero-order valence-corrected chi connectivity index (χ0v) is 11.7. The van der Waals surface area contributed by atoms with Gasteiger partial charge in [-0.25, -0.2) is 0 Å². The van der Waals surface area contributed by atoms with Gasteiger partial charge in [-0.3, -0.25) is 0 Å². The van der Waals surface area contributed by atoms with Crippen molar-refractivity contribution in [2.45, 2.75) is 26.2 Å². The molecule has 1 fully saturated rings. The van der Waals surface area contributed by atoms with E-state index < -0.39 is 0 Å². The number of methoxy groups -OCH3 is 2. The molecule has 0 bridgehead atoms. The van der Waals surface area contributed by atoms with Crippen LogP contribution in [0.25, 0.3) is 0 Å². The monoisotopic (exact) mass is 249 g/mol. The molecule has 0 saturated carbocycles. The minimum atomic E-state index is 0.517. The number of hydrogen-bond acceptors (Lipinski definition) is 3. The summed E-state index contributed by atoms with van der Waals surface area (Å²) in [5.41, 5.74) is 2.50. The summed E-state index contributed by atoms with van der Waals surface area (Å²) in [7, 11) is 3.48. The molecule has 0 spiro atoms. The summed E-state index contributed by atoms with van der Waals surface area (Å²) in [5, 5.41) is 3.30. The van der Waals surface area contributed by atoms with E-state index in [-0.39, 0.29) is 0 Å². The van der Waals surface area contributed by atoms with E-state index in [9.17, 15) is 0 Å². The Bertz CT molecular complexity index is 386. The molecule has 1 aromatic rings. The second-order valence-corrected chi connectivity index (χ2v) is 5.37. The Morgan fingerprint density at radius 3 is 2.06 bits per heavy atom. The molecule has 0 amide bonds. The van der Waals surface area contributed by atoms with Crippen LogP contribution >= 0.6 is 0 Å². The molecule has 1 saturated heterocycles. The Balaban J connectivity index is 2.38. The Labute approximate surface area is 109 Å². The molecule has 18 heavy (non-hydrogen) atoms. The van der Waals surface area contributed by atoms with Crippen LogP contribution in [0.1, 0.15) is 30.9 Å². The standard InChI is InChI=1S/C15H23NO2/c1-10(2)5-11-6-13(17-3)15(12-8-16-9-12)14(7-11)18-4/h6-7,10,12,16H,5,8-9H2,1-4H3. The van der Waals surface area contributed by atoms with Crippen LogP contribution < -0.4 is 14.8 Å². The molecule has 0 aliphatic carbocycles. The second-order valence-electron chi connectivity index (χ2n) is 5.37. The Morgan fingerprint density at radius 2 is 1.72 bits per heavy atom. The highest BCUT2D eigenvalue weighted by Crippen LogP contribution is 2.38. The molecule has 100 valence electrons.